The van der Waals surface area contributed by atoms with Crippen molar-refractivity contribution < 1.29 is 8.42 Å². The molecule has 2 rings (SSSR count). The van der Waals surface area contributed by atoms with Crippen LogP contribution in [0.2, 0.25) is 5.02 Å². The van der Waals surface area contributed by atoms with Crippen molar-refractivity contribution in [3.63, 3.8) is 0 Å². The third-order valence-electron chi connectivity index (χ3n) is 3.14. The maximum atomic E-state index is 12.3. The predicted molar refractivity (Wildman–Crippen MR) is 87.4 cm³/mol. The van der Waals surface area contributed by atoms with Gasteiger partial charge in [-0.2, -0.15) is 11.3 Å². The first-order chi connectivity index (χ1) is 9.90. The number of hydrogen-bond acceptors (Lipinski definition) is 4. The van der Waals surface area contributed by atoms with E-state index in [1.165, 1.54) is 12.1 Å². The van der Waals surface area contributed by atoms with Crippen molar-refractivity contribution in [1.29, 1.82) is 0 Å². The van der Waals surface area contributed by atoms with Crippen LogP contribution < -0.4 is 4.72 Å². The fraction of sp³-hybridized carbons (Fsp3) is 0.286. The fourth-order valence-corrected chi connectivity index (χ4v) is 3.82. The molecule has 1 atom stereocenters. The van der Waals surface area contributed by atoms with Crippen molar-refractivity contribution in [1.82, 2.24) is 9.62 Å². The number of halogens is 1. The molecule has 4 nitrogen and oxygen atoms in total. The lowest BCUT2D eigenvalue weighted by molar-refractivity contribution is 0.300. The van der Waals surface area contributed by atoms with E-state index in [4.69, 9.17) is 11.6 Å². The van der Waals surface area contributed by atoms with Gasteiger partial charge in [0.2, 0.25) is 10.0 Å². The summed E-state index contributed by atoms with van der Waals surface area (Å²) in [6, 6.07) is 8.14. The molecule has 0 unspecified atom stereocenters. The van der Waals surface area contributed by atoms with Gasteiger partial charge in [-0.05, 0) is 60.8 Å². The molecule has 21 heavy (non-hydrogen) atoms. The zero-order valence-corrected chi connectivity index (χ0v) is 14.2. The molecule has 0 radical (unpaired) electrons. The predicted octanol–water partition coefficient (Wildman–Crippen LogP) is 2.98. The van der Waals surface area contributed by atoms with E-state index in [0.29, 0.717) is 11.6 Å². The Balaban J connectivity index is 2.11. The summed E-state index contributed by atoms with van der Waals surface area (Å²) >= 11 is 7.38. The average Bonchev–Trinajstić information content (AvgIpc) is 2.93. The number of likely N-dealkylation sites (N-methyl/N-ethyl adjacent to an activating group) is 1. The summed E-state index contributed by atoms with van der Waals surface area (Å²) in [6.45, 7) is 0.314. The molecule has 0 amide bonds. The van der Waals surface area contributed by atoms with Gasteiger partial charge in [0, 0.05) is 17.6 Å². The van der Waals surface area contributed by atoms with Gasteiger partial charge in [-0.15, -0.1) is 0 Å². The number of benzene rings is 1. The minimum atomic E-state index is -3.53. The normalized spacial score (nSPS) is 13.5. The van der Waals surface area contributed by atoms with Crippen molar-refractivity contribution in [3.8, 4) is 0 Å². The van der Waals surface area contributed by atoms with Crippen LogP contribution >= 0.6 is 22.9 Å². The van der Waals surface area contributed by atoms with Crippen LogP contribution in [0.15, 0.2) is 46.0 Å². The lowest BCUT2D eigenvalue weighted by Crippen LogP contribution is -2.34. The van der Waals surface area contributed by atoms with Gasteiger partial charge in [0.15, 0.2) is 0 Å². The second-order valence-electron chi connectivity index (χ2n) is 4.84. The average molecular weight is 345 g/mol. The van der Waals surface area contributed by atoms with Gasteiger partial charge in [0.1, 0.15) is 0 Å². The monoisotopic (exact) mass is 344 g/mol. The third kappa shape index (κ3) is 4.28. The molecule has 0 aliphatic carbocycles. The van der Waals surface area contributed by atoms with E-state index in [1.807, 2.05) is 35.8 Å². The number of rotatable bonds is 6. The van der Waals surface area contributed by atoms with Crippen molar-refractivity contribution in [2.45, 2.75) is 10.9 Å². The summed E-state index contributed by atoms with van der Waals surface area (Å²) in [4.78, 5) is 2.21. The Bertz CT molecular complexity index is 668. The van der Waals surface area contributed by atoms with E-state index in [9.17, 15) is 8.42 Å². The van der Waals surface area contributed by atoms with Gasteiger partial charge in [-0.25, -0.2) is 13.1 Å². The second kappa shape index (κ2) is 6.89. The molecule has 7 heteroatoms. The van der Waals surface area contributed by atoms with E-state index in [0.717, 1.165) is 5.56 Å². The van der Waals surface area contributed by atoms with Crippen LogP contribution in [0.4, 0.5) is 0 Å². The highest BCUT2D eigenvalue weighted by molar-refractivity contribution is 7.89. The molecule has 1 aromatic heterocycles. The van der Waals surface area contributed by atoms with Crippen LogP contribution in [-0.4, -0.2) is 34.0 Å². The first-order valence-electron chi connectivity index (χ1n) is 6.34. The molecule has 114 valence electrons. The lowest BCUT2D eigenvalue weighted by Gasteiger charge is -2.24. The topological polar surface area (TPSA) is 49.4 Å². The molecular formula is C14H17ClN2O2S2. The molecular weight excluding hydrogens is 328 g/mol. The van der Waals surface area contributed by atoms with E-state index in [1.54, 1.807) is 23.5 Å². The van der Waals surface area contributed by atoms with Gasteiger partial charge in [0.25, 0.3) is 0 Å². The van der Waals surface area contributed by atoms with Crippen LogP contribution in [0.25, 0.3) is 0 Å². The molecule has 1 N–H and O–H groups in total. The molecule has 1 aromatic carbocycles. The number of hydrogen-bond donors (Lipinski definition) is 1. The standard InChI is InChI=1S/C14H17ClN2O2S2/c1-17(2)14(11-7-8-20-10-11)9-16-21(18,19)13-5-3-12(15)4-6-13/h3-8,10,14,16H,9H2,1-2H3/t14-/m0/s1. The lowest BCUT2D eigenvalue weighted by atomic mass is 10.1. The summed E-state index contributed by atoms with van der Waals surface area (Å²) in [7, 11) is 0.330. The van der Waals surface area contributed by atoms with Crippen LogP contribution in [0, 0.1) is 0 Å². The smallest absolute Gasteiger partial charge is 0.240 e. The molecule has 0 saturated heterocycles. The highest BCUT2D eigenvalue weighted by Gasteiger charge is 2.19. The Morgan fingerprint density at radius 2 is 1.90 bits per heavy atom. The van der Waals surface area contributed by atoms with Gasteiger partial charge in [0.05, 0.1) is 4.90 Å². The van der Waals surface area contributed by atoms with Crippen molar-refractivity contribution >= 4 is 33.0 Å². The second-order valence-corrected chi connectivity index (χ2v) is 7.83. The first-order valence-corrected chi connectivity index (χ1v) is 9.14. The van der Waals surface area contributed by atoms with E-state index < -0.39 is 10.0 Å². The third-order valence-corrected chi connectivity index (χ3v) is 5.53. The highest BCUT2D eigenvalue weighted by Crippen LogP contribution is 2.21. The van der Waals surface area contributed by atoms with Crippen molar-refractivity contribution in [2.24, 2.45) is 0 Å². The molecule has 0 aliphatic rings. The minimum absolute atomic E-state index is 0.00155. The Hall–Kier alpha value is -0.920. The van der Waals surface area contributed by atoms with Crippen molar-refractivity contribution in [3.05, 3.63) is 51.7 Å². The van der Waals surface area contributed by atoms with Gasteiger partial charge in [-0.1, -0.05) is 11.6 Å². The Kier molecular flexibility index (Phi) is 5.40. The molecule has 0 aliphatic heterocycles. The highest BCUT2D eigenvalue weighted by atomic mass is 35.5. The largest absolute Gasteiger partial charge is 0.301 e. The van der Waals surface area contributed by atoms with Crippen molar-refractivity contribution in [2.75, 3.05) is 20.6 Å². The maximum absolute atomic E-state index is 12.3. The molecule has 0 saturated carbocycles. The molecule has 0 fully saturated rings. The SMILES string of the molecule is CN(C)[C@@H](CNS(=O)(=O)c1ccc(Cl)cc1)c1ccsc1. The van der Waals surface area contributed by atoms with E-state index in [-0.39, 0.29) is 10.9 Å². The Labute approximate surface area is 134 Å². The Morgan fingerprint density at radius 1 is 1.24 bits per heavy atom. The molecule has 0 bridgehead atoms. The minimum Gasteiger partial charge on any atom is -0.301 e. The van der Waals surface area contributed by atoms with E-state index in [2.05, 4.69) is 4.72 Å². The fourth-order valence-electron chi connectivity index (χ4n) is 1.95. The molecule has 1 heterocycles. The number of nitrogens with one attached hydrogen (secondary N) is 1. The first kappa shape index (κ1) is 16.5. The summed E-state index contributed by atoms with van der Waals surface area (Å²) < 4.78 is 27.2. The van der Waals surface area contributed by atoms with Crippen LogP contribution in [-0.2, 0) is 10.0 Å². The summed E-state index contributed by atoms with van der Waals surface area (Å²) in [5, 5.41) is 4.53. The maximum Gasteiger partial charge on any atom is 0.240 e. The van der Waals surface area contributed by atoms with Crippen LogP contribution in [0.3, 0.4) is 0 Å². The van der Waals surface area contributed by atoms with Gasteiger partial charge in [-0.3, -0.25) is 0 Å². The summed E-state index contributed by atoms with van der Waals surface area (Å²) in [6.07, 6.45) is 0. The summed E-state index contributed by atoms with van der Waals surface area (Å²) in [5.41, 5.74) is 1.10. The zero-order valence-electron chi connectivity index (χ0n) is 11.8. The number of nitrogens with zero attached hydrogens (tertiary/aromatic N) is 1. The molecule has 0 spiro atoms. The number of sulfonamides is 1. The van der Waals surface area contributed by atoms with Gasteiger partial charge < -0.3 is 4.90 Å². The van der Waals surface area contributed by atoms with Crippen LogP contribution in [0.1, 0.15) is 11.6 Å². The van der Waals surface area contributed by atoms with E-state index >= 15 is 0 Å². The quantitative estimate of drug-likeness (QED) is 0.876. The molecule has 2 aromatic rings. The summed E-state index contributed by atoms with van der Waals surface area (Å²) in [5.74, 6) is 0. The number of thiophene rings is 1. The Morgan fingerprint density at radius 3 is 2.43 bits per heavy atom. The van der Waals surface area contributed by atoms with Crippen LogP contribution in [0.5, 0.6) is 0 Å². The zero-order chi connectivity index (χ0) is 15.5. The van der Waals surface area contributed by atoms with Gasteiger partial charge >= 0.3 is 0 Å².